The standard InChI is InChI=1S/C14H17ClN2O3/c1-8-3-5-12(9(8)2)16-14(18)11-7-10(15)4-6-13(11)17(19)20/h4,6-9,12H,3,5H2,1-2H3,(H,16,18). The Morgan fingerprint density at radius 2 is 2.10 bits per heavy atom. The summed E-state index contributed by atoms with van der Waals surface area (Å²) in [5.41, 5.74) is -0.195. The monoisotopic (exact) mass is 296 g/mol. The summed E-state index contributed by atoms with van der Waals surface area (Å²) in [6.07, 6.45) is 1.96. The zero-order chi connectivity index (χ0) is 14.9. The maximum Gasteiger partial charge on any atom is 0.282 e. The highest BCUT2D eigenvalue weighted by Gasteiger charge is 2.32. The highest BCUT2D eigenvalue weighted by molar-refractivity contribution is 6.31. The first-order valence-corrected chi connectivity index (χ1v) is 7.02. The van der Waals surface area contributed by atoms with Crippen LogP contribution in [0.15, 0.2) is 18.2 Å². The molecule has 1 aliphatic carbocycles. The number of nitrogens with one attached hydrogen (secondary N) is 1. The molecule has 0 radical (unpaired) electrons. The lowest BCUT2D eigenvalue weighted by molar-refractivity contribution is -0.385. The molecule has 2 rings (SSSR count). The topological polar surface area (TPSA) is 72.2 Å². The fourth-order valence-corrected chi connectivity index (χ4v) is 2.84. The predicted molar refractivity (Wildman–Crippen MR) is 76.9 cm³/mol. The molecule has 3 atom stereocenters. The van der Waals surface area contributed by atoms with Crippen LogP contribution in [0.3, 0.4) is 0 Å². The molecule has 1 aromatic carbocycles. The van der Waals surface area contributed by atoms with Gasteiger partial charge in [-0.15, -0.1) is 0 Å². The SMILES string of the molecule is CC1CCC(NC(=O)c2cc(Cl)ccc2[N+](=O)[O-])C1C. The summed E-state index contributed by atoms with van der Waals surface area (Å²) >= 11 is 5.83. The number of rotatable bonds is 3. The number of carbonyl (C=O) groups excluding carboxylic acids is 1. The van der Waals surface area contributed by atoms with Crippen molar-refractivity contribution in [2.24, 2.45) is 11.8 Å². The van der Waals surface area contributed by atoms with Gasteiger partial charge < -0.3 is 5.32 Å². The smallest absolute Gasteiger partial charge is 0.282 e. The zero-order valence-electron chi connectivity index (χ0n) is 11.4. The maximum atomic E-state index is 12.3. The molecule has 0 spiro atoms. The van der Waals surface area contributed by atoms with E-state index in [1.54, 1.807) is 0 Å². The van der Waals surface area contributed by atoms with Crippen LogP contribution < -0.4 is 5.32 Å². The Balaban J connectivity index is 2.21. The molecular formula is C14H17ClN2O3. The first kappa shape index (κ1) is 14.8. The number of benzene rings is 1. The van der Waals surface area contributed by atoms with E-state index in [-0.39, 0.29) is 17.3 Å². The number of nitro benzene ring substituents is 1. The highest BCUT2D eigenvalue weighted by Crippen LogP contribution is 2.32. The van der Waals surface area contributed by atoms with Crippen LogP contribution in [0.4, 0.5) is 5.69 Å². The lowest BCUT2D eigenvalue weighted by Crippen LogP contribution is -2.37. The van der Waals surface area contributed by atoms with E-state index in [0.29, 0.717) is 16.9 Å². The summed E-state index contributed by atoms with van der Waals surface area (Å²) in [7, 11) is 0. The van der Waals surface area contributed by atoms with Crippen molar-refractivity contribution in [1.29, 1.82) is 0 Å². The Morgan fingerprint density at radius 1 is 1.40 bits per heavy atom. The second-order valence-electron chi connectivity index (χ2n) is 5.41. The molecule has 0 saturated heterocycles. The molecule has 0 aromatic heterocycles. The van der Waals surface area contributed by atoms with Crippen molar-refractivity contribution in [3.63, 3.8) is 0 Å². The van der Waals surface area contributed by atoms with Crippen molar-refractivity contribution in [3.05, 3.63) is 38.9 Å². The van der Waals surface area contributed by atoms with Crippen LogP contribution in [0.2, 0.25) is 5.02 Å². The molecule has 1 saturated carbocycles. The lowest BCUT2D eigenvalue weighted by atomic mass is 9.97. The Bertz CT molecular complexity index is 547. The second kappa shape index (κ2) is 5.79. The summed E-state index contributed by atoms with van der Waals surface area (Å²) in [4.78, 5) is 22.7. The quantitative estimate of drug-likeness (QED) is 0.686. The number of amides is 1. The van der Waals surface area contributed by atoms with Gasteiger partial charge in [-0.1, -0.05) is 25.4 Å². The first-order valence-electron chi connectivity index (χ1n) is 6.65. The summed E-state index contributed by atoms with van der Waals surface area (Å²) in [6.45, 7) is 4.24. The van der Waals surface area contributed by atoms with Crippen LogP contribution in [0.25, 0.3) is 0 Å². The number of nitro groups is 1. The third kappa shape index (κ3) is 2.93. The van der Waals surface area contributed by atoms with E-state index >= 15 is 0 Å². The van der Waals surface area contributed by atoms with Crippen molar-refractivity contribution in [2.45, 2.75) is 32.7 Å². The first-order chi connectivity index (χ1) is 9.40. The van der Waals surface area contributed by atoms with Crippen LogP contribution in [-0.2, 0) is 0 Å². The fraction of sp³-hybridized carbons (Fsp3) is 0.500. The summed E-state index contributed by atoms with van der Waals surface area (Å²) in [5, 5.41) is 14.2. The number of carbonyl (C=O) groups is 1. The number of halogens is 1. The maximum absolute atomic E-state index is 12.3. The van der Waals surface area contributed by atoms with Gasteiger partial charge in [-0.3, -0.25) is 14.9 Å². The van der Waals surface area contributed by atoms with Crippen LogP contribution in [0.5, 0.6) is 0 Å². The minimum Gasteiger partial charge on any atom is -0.349 e. The zero-order valence-corrected chi connectivity index (χ0v) is 12.2. The summed E-state index contributed by atoms with van der Waals surface area (Å²) in [6, 6.07) is 4.09. The molecule has 0 heterocycles. The van der Waals surface area contributed by atoms with Crippen molar-refractivity contribution >= 4 is 23.2 Å². The van der Waals surface area contributed by atoms with E-state index in [1.165, 1.54) is 18.2 Å². The van der Waals surface area contributed by atoms with E-state index in [9.17, 15) is 14.9 Å². The third-order valence-electron chi connectivity index (χ3n) is 4.18. The van der Waals surface area contributed by atoms with Gasteiger partial charge >= 0.3 is 0 Å². The lowest BCUT2D eigenvalue weighted by Gasteiger charge is -2.19. The molecule has 108 valence electrons. The van der Waals surface area contributed by atoms with Crippen molar-refractivity contribution in [3.8, 4) is 0 Å². The Hall–Kier alpha value is -1.62. The molecule has 0 bridgehead atoms. The highest BCUT2D eigenvalue weighted by atomic mass is 35.5. The van der Waals surface area contributed by atoms with Crippen LogP contribution in [0, 0.1) is 22.0 Å². The van der Waals surface area contributed by atoms with Gasteiger partial charge in [0.15, 0.2) is 0 Å². The molecule has 1 aromatic rings. The largest absolute Gasteiger partial charge is 0.349 e. The number of hydrogen-bond acceptors (Lipinski definition) is 3. The normalized spacial score (nSPS) is 25.4. The van der Waals surface area contributed by atoms with Crippen LogP contribution in [0.1, 0.15) is 37.0 Å². The molecular weight excluding hydrogens is 280 g/mol. The Morgan fingerprint density at radius 3 is 2.65 bits per heavy atom. The second-order valence-corrected chi connectivity index (χ2v) is 5.85. The van der Waals surface area contributed by atoms with Gasteiger partial charge in [-0.2, -0.15) is 0 Å². The van der Waals surface area contributed by atoms with Crippen LogP contribution in [-0.4, -0.2) is 16.9 Å². The molecule has 1 N–H and O–H groups in total. The van der Waals surface area contributed by atoms with E-state index in [2.05, 4.69) is 19.2 Å². The van der Waals surface area contributed by atoms with Crippen molar-refractivity contribution < 1.29 is 9.72 Å². The average Bonchev–Trinajstić information content (AvgIpc) is 2.70. The molecule has 1 aliphatic rings. The van der Waals surface area contributed by atoms with Gasteiger partial charge in [0.2, 0.25) is 0 Å². The molecule has 0 aliphatic heterocycles. The molecule has 1 amide bonds. The summed E-state index contributed by atoms with van der Waals surface area (Å²) in [5.74, 6) is 0.497. The Labute approximate surface area is 122 Å². The van der Waals surface area contributed by atoms with E-state index in [4.69, 9.17) is 11.6 Å². The van der Waals surface area contributed by atoms with Gasteiger partial charge in [0.1, 0.15) is 5.56 Å². The van der Waals surface area contributed by atoms with Gasteiger partial charge in [0, 0.05) is 17.1 Å². The van der Waals surface area contributed by atoms with Gasteiger partial charge in [-0.25, -0.2) is 0 Å². The third-order valence-corrected chi connectivity index (χ3v) is 4.42. The van der Waals surface area contributed by atoms with Crippen molar-refractivity contribution in [1.82, 2.24) is 5.32 Å². The molecule has 5 nitrogen and oxygen atoms in total. The molecule has 6 heteroatoms. The van der Waals surface area contributed by atoms with Gasteiger partial charge in [0.05, 0.1) is 4.92 Å². The number of nitrogens with zero attached hydrogens (tertiary/aromatic N) is 1. The van der Waals surface area contributed by atoms with Gasteiger partial charge in [0.25, 0.3) is 11.6 Å². The molecule has 20 heavy (non-hydrogen) atoms. The Kier molecular flexibility index (Phi) is 4.28. The minimum absolute atomic E-state index is 0.0225. The number of hydrogen-bond donors (Lipinski definition) is 1. The molecule has 1 fully saturated rings. The van der Waals surface area contributed by atoms with Crippen LogP contribution >= 0.6 is 11.6 Å². The minimum atomic E-state index is -0.564. The van der Waals surface area contributed by atoms with Crippen molar-refractivity contribution in [2.75, 3.05) is 0 Å². The fourth-order valence-electron chi connectivity index (χ4n) is 2.66. The predicted octanol–water partition coefficient (Wildman–Crippen LogP) is 3.41. The van der Waals surface area contributed by atoms with Gasteiger partial charge in [-0.05, 0) is 36.8 Å². The van der Waals surface area contributed by atoms with E-state index in [1.807, 2.05) is 0 Å². The van der Waals surface area contributed by atoms with E-state index in [0.717, 1.165) is 12.8 Å². The molecule has 3 unspecified atom stereocenters. The summed E-state index contributed by atoms with van der Waals surface area (Å²) < 4.78 is 0. The average molecular weight is 297 g/mol. The van der Waals surface area contributed by atoms with E-state index < -0.39 is 10.8 Å².